The molecule has 0 radical (unpaired) electrons. The van der Waals surface area contributed by atoms with Gasteiger partial charge in [0.2, 0.25) is 0 Å². The van der Waals surface area contributed by atoms with Crippen molar-refractivity contribution in [2.24, 2.45) is 29.1 Å². The van der Waals surface area contributed by atoms with Gasteiger partial charge in [-0.3, -0.25) is 9.59 Å². The molecule has 0 spiro atoms. The van der Waals surface area contributed by atoms with Crippen LogP contribution in [0.5, 0.6) is 0 Å². The maximum absolute atomic E-state index is 12.1. The van der Waals surface area contributed by atoms with Crippen LogP contribution in [-0.2, 0) is 19.1 Å². The molecule has 0 saturated heterocycles. The molecule has 0 amide bonds. The molecule has 0 aromatic heterocycles. The predicted molar refractivity (Wildman–Crippen MR) is 79.5 cm³/mol. The molecule has 3 unspecified atom stereocenters. The summed E-state index contributed by atoms with van der Waals surface area (Å²) in [5, 5.41) is 0. The van der Waals surface area contributed by atoms with Crippen LogP contribution < -0.4 is 0 Å². The molecule has 0 aliphatic heterocycles. The number of esters is 2. The van der Waals surface area contributed by atoms with E-state index in [4.69, 9.17) is 9.47 Å². The number of carbonyl (C=O) groups excluding carboxylic acids is 2. The zero-order chi connectivity index (χ0) is 15.6. The predicted octanol–water partition coefficient (Wildman–Crippen LogP) is 3.19. The Hall–Kier alpha value is -1.06. The van der Waals surface area contributed by atoms with Crippen LogP contribution >= 0.6 is 0 Å². The molecule has 4 nitrogen and oxygen atoms in total. The second-order valence-electron chi connectivity index (χ2n) is 6.99. The molecule has 3 rings (SSSR count). The molecule has 4 heteroatoms. The summed E-state index contributed by atoms with van der Waals surface area (Å²) >= 11 is 0. The van der Waals surface area contributed by atoms with Gasteiger partial charge >= 0.3 is 11.9 Å². The molecule has 3 saturated carbocycles. The SMILES string of the molecule is CCOC(=O)C(CC1CCC2CC1C2(C)C)C(=O)OCC. The molecule has 3 fully saturated rings. The van der Waals surface area contributed by atoms with Crippen LogP contribution in [0.4, 0.5) is 0 Å². The number of rotatable bonds is 6. The van der Waals surface area contributed by atoms with E-state index in [-0.39, 0.29) is 0 Å². The number of fused-ring (bicyclic) bond motifs is 2. The van der Waals surface area contributed by atoms with Crippen LogP contribution in [0.2, 0.25) is 0 Å². The summed E-state index contributed by atoms with van der Waals surface area (Å²) in [6, 6.07) is 0. The normalized spacial score (nSPS) is 29.7. The first-order valence-corrected chi connectivity index (χ1v) is 8.25. The Morgan fingerprint density at radius 3 is 2.10 bits per heavy atom. The summed E-state index contributed by atoms with van der Waals surface area (Å²) in [4.78, 5) is 24.2. The summed E-state index contributed by atoms with van der Waals surface area (Å²) in [6.07, 6.45) is 4.16. The van der Waals surface area contributed by atoms with Gasteiger partial charge < -0.3 is 9.47 Å². The Morgan fingerprint density at radius 1 is 1.10 bits per heavy atom. The molecule has 21 heavy (non-hydrogen) atoms. The smallest absolute Gasteiger partial charge is 0.320 e. The Morgan fingerprint density at radius 2 is 1.67 bits per heavy atom. The van der Waals surface area contributed by atoms with Gasteiger partial charge in [0.15, 0.2) is 5.92 Å². The zero-order valence-corrected chi connectivity index (χ0v) is 13.7. The summed E-state index contributed by atoms with van der Waals surface area (Å²) in [5.41, 5.74) is 0.358. The Bertz CT molecular complexity index is 382. The van der Waals surface area contributed by atoms with Gasteiger partial charge in [-0.1, -0.05) is 13.8 Å². The molecule has 2 bridgehead atoms. The van der Waals surface area contributed by atoms with Crippen molar-refractivity contribution in [2.75, 3.05) is 13.2 Å². The Kier molecular flexibility index (Phi) is 4.95. The van der Waals surface area contributed by atoms with Crippen molar-refractivity contribution < 1.29 is 19.1 Å². The number of carbonyl (C=O) groups is 2. The summed E-state index contributed by atoms with van der Waals surface area (Å²) in [7, 11) is 0. The van der Waals surface area contributed by atoms with Crippen LogP contribution in [0.15, 0.2) is 0 Å². The van der Waals surface area contributed by atoms with Gasteiger partial charge in [0, 0.05) is 0 Å². The van der Waals surface area contributed by atoms with E-state index in [1.807, 2.05) is 0 Å². The van der Waals surface area contributed by atoms with E-state index in [1.165, 1.54) is 12.8 Å². The first-order valence-electron chi connectivity index (χ1n) is 8.25. The summed E-state index contributed by atoms with van der Waals surface area (Å²) in [6.45, 7) is 8.77. The van der Waals surface area contributed by atoms with Crippen LogP contribution in [0.1, 0.15) is 53.4 Å². The van der Waals surface area contributed by atoms with Gasteiger partial charge in [0.25, 0.3) is 0 Å². The fourth-order valence-electron chi connectivity index (χ4n) is 4.32. The van der Waals surface area contributed by atoms with Gasteiger partial charge in [-0.25, -0.2) is 0 Å². The largest absolute Gasteiger partial charge is 0.465 e. The monoisotopic (exact) mass is 296 g/mol. The highest BCUT2D eigenvalue weighted by molar-refractivity contribution is 5.94. The topological polar surface area (TPSA) is 52.6 Å². The lowest BCUT2D eigenvalue weighted by atomic mass is 9.45. The number of ether oxygens (including phenoxy) is 2. The minimum atomic E-state index is -0.747. The Labute approximate surface area is 127 Å². The highest BCUT2D eigenvalue weighted by atomic mass is 16.6. The third kappa shape index (κ3) is 3.09. The summed E-state index contributed by atoms with van der Waals surface area (Å²) in [5.74, 6) is 0.294. The summed E-state index contributed by atoms with van der Waals surface area (Å²) < 4.78 is 10.1. The van der Waals surface area contributed by atoms with Gasteiger partial charge in [0.05, 0.1) is 13.2 Å². The number of hydrogen-bond donors (Lipinski definition) is 0. The second-order valence-corrected chi connectivity index (χ2v) is 6.99. The highest BCUT2D eigenvalue weighted by Crippen LogP contribution is 2.62. The van der Waals surface area contributed by atoms with Crippen LogP contribution in [-0.4, -0.2) is 25.2 Å². The molecular formula is C17H28O4. The number of hydrogen-bond acceptors (Lipinski definition) is 4. The molecular weight excluding hydrogens is 268 g/mol. The van der Waals surface area contributed by atoms with Crippen LogP contribution in [0.3, 0.4) is 0 Å². The van der Waals surface area contributed by atoms with E-state index >= 15 is 0 Å². The van der Waals surface area contributed by atoms with E-state index in [0.29, 0.717) is 36.9 Å². The lowest BCUT2D eigenvalue weighted by Crippen LogP contribution is -2.53. The van der Waals surface area contributed by atoms with E-state index in [1.54, 1.807) is 13.8 Å². The van der Waals surface area contributed by atoms with Gasteiger partial charge in [-0.2, -0.15) is 0 Å². The van der Waals surface area contributed by atoms with Gasteiger partial charge in [-0.05, 0) is 62.7 Å². The first kappa shape index (κ1) is 16.3. The maximum atomic E-state index is 12.1. The van der Waals surface area contributed by atoms with Gasteiger partial charge in [0.1, 0.15) is 0 Å². The fourth-order valence-corrected chi connectivity index (χ4v) is 4.32. The highest BCUT2D eigenvalue weighted by Gasteiger charge is 2.55. The Balaban J connectivity index is 2.04. The van der Waals surface area contributed by atoms with Crippen molar-refractivity contribution >= 4 is 11.9 Å². The molecule has 3 aliphatic carbocycles. The quantitative estimate of drug-likeness (QED) is 0.558. The lowest BCUT2D eigenvalue weighted by molar-refractivity contribution is -0.166. The molecule has 3 atom stereocenters. The average Bonchev–Trinajstić information content (AvgIpc) is 2.45. The standard InChI is InChI=1S/C17H28O4/c1-5-20-15(18)13(16(19)21-6-2)9-11-7-8-12-10-14(11)17(12,3)4/h11-14H,5-10H2,1-4H3. The average molecular weight is 296 g/mol. The van der Waals surface area contributed by atoms with Crippen LogP contribution in [0.25, 0.3) is 0 Å². The third-order valence-corrected chi connectivity index (χ3v) is 5.68. The molecule has 0 aromatic carbocycles. The molecule has 3 aliphatic rings. The first-order chi connectivity index (χ1) is 9.91. The minimum absolute atomic E-state index is 0.302. The zero-order valence-electron chi connectivity index (χ0n) is 13.7. The third-order valence-electron chi connectivity index (χ3n) is 5.68. The molecule has 120 valence electrons. The van der Waals surface area contributed by atoms with E-state index in [9.17, 15) is 9.59 Å². The van der Waals surface area contributed by atoms with E-state index in [0.717, 1.165) is 12.3 Å². The van der Waals surface area contributed by atoms with E-state index in [2.05, 4.69) is 13.8 Å². The van der Waals surface area contributed by atoms with E-state index < -0.39 is 17.9 Å². The van der Waals surface area contributed by atoms with Crippen molar-refractivity contribution in [3.8, 4) is 0 Å². The minimum Gasteiger partial charge on any atom is -0.465 e. The van der Waals surface area contributed by atoms with Gasteiger partial charge in [-0.15, -0.1) is 0 Å². The van der Waals surface area contributed by atoms with Crippen molar-refractivity contribution in [3.05, 3.63) is 0 Å². The fraction of sp³-hybridized carbons (Fsp3) is 0.882. The van der Waals surface area contributed by atoms with Crippen molar-refractivity contribution in [3.63, 3.8) is 0 Å². The second kappa shape index (κ2) is 6.37. The van der Waals surface area contributed by atoms with Crippen LogP contribution in [0, 0.1) is 29.1 Å². The maximum Gasteiger partial charge on any atom is 0.320 e. The molecule has 0 N–H and O–H groups in total. The lowest BCUT2D eigenvalue weighted by Gasteiger charge is -2.60. The van der Waals surface area contributed by atoms with Crippen molar-refractivity contribution in [1.29, 1.82) is 0 Å². The van der Waals surface area contributed by atoms with Crippen molar-refractivity contribution in [1.82, 2.24) is 0 Å². The molecule has 0 aromatic rings. The van der Waals surface area contributed by atoms with Crippen molar-refractivity contribution in [2.45, 2.75) is 53.4 Å². The molecule has 0 heterocycles.